The van der Waals surface area contributed by atoms with E-state index in [0.29, 0.717) is 0 Å². The molecule has 0 fully saturated rings. The molecule has 0 spiro atoms. The summed E-state index contributed by atoms with van der Waals surface area (Å²) in [5, 5.41) is 0. The van der Waals surface area contributed by atoms with E-state index in [1.807, 2.05) is 0 Å². The van der Waals surface area contributed by atoms with Crippen LogP contribution in [0.15, 0.2) is 0 Å². The third-order valence-electron chi connectivity index (χ3n) is 0.874. The Hall–Kier alpha value is 0.580. The Morgan fingerprint density at radius 3 is 1.38 bits per heavy atom. The molecule has 0 aromatic carbocycles. The quantitative estimate of drug-likeness (QED) is 0.552. The summed E-state index contributed by atoms with van der Waals surface area (Å²) in [4.78, 5) is 17.1. The SMILES string of the molecule is C[PH](C)(C)P(=O)(O)O. The van der Waals surface area contributed by atoms with Crippen molar-refractivity contribution in [2.45, 2.75) is 0 Å². The van der Waals surface area contributed by atoms with Gasteiger partial charge in [0, 0.05) is 0 Å². The van der Waals surface area contributed by atoms with Gasteiger partial charge in [-0.2, -0.15) is 0 Å². The molecule has 0 rings (SSSR count). The molecule has 0 aromatic heterocycles. The van der Waals surface area contributed by atoms with Crippen LogP contribution in [-0.2, 0) is 4.57 Å². The number of hydrogen-bond acceptors (Lipinski definition) is 1. The summed E-state index contributed by atoms with van der Waals surface area (Å²) >= 11 is 0. The molecule has 5 heteroatoms. The van der Waals surface area contributed by atoms with Crippen LogP contribution in [-0.4, -0.2) is 29.8 Å². The minimum atomic E-state index is -3.71. The van der Waals surface area contributed by atoms with Crippen molar-refractivity contribution in [1.29, 1.82) is 0 Å². The first-order valence-corrected chi connectivity index (χ1v) is 8.26. The van der Waals surface area contributed by atoms with E-state index in [2.05, 4.69) is 0 Å². The van der Waals surface area contributed by atoms with Crippen molar-refractivity contribution in [3.05, 3.63) is 0 Å². The molecule has 0 amide bonds. The molecule has 0 atom stereocenters. The molecule has 0 saturated heterocycles. The molecule has 3 nitrogen and oxygen atoms in total. The Morgan fingerprint density at radius 2 is 1.38 bits per heavy atom. The topological polar surface area (TPSA) is 57.5 Å². The third kappa shape index (κ3) is 2.23. The number of rotatable bonds is 1. The average molecular weight is 158 g/mol. The summed E-state index contributed by atoms with van der Waals surface area (Å²) in [7, 11) is -3.71. The molecule has 8 heavy (non-hydrogen) atoms. The molecule has 0 aromatic rings. The second kappa shape index (κ2) is 2.07. The summed E-state index contributed by atoms with van der Waals surface area (Å²) in [6.07, 6.45) is 0. The molecule has 0 unspecified atom stereocenters. The molecule has 0 aliphatic heterocycles. The molecule has 0 saturated carbocycles. The summed E-state index contributed by atoms with van der Waals surface area (Å²) < 4.78 is 10.4. The van der Waals surface area contributed by atoms with Crippen LogP contribution < -0.4 is 0 Å². The van der Waals surface area contributed by atoms with Crippen LogP contribution in [0.1, 0.15) is 0 Å². The predicted octanol–water partition coefficient (Wildman–Crippen LogP) is 0.718. The van der Waals surface area contributed by atoms with Gasteiger partial charge in [0.2, 0.25) is 0 Å². The van der Waals surface area contributed by atoms with Gasteiger partial charge in [-0.3, -0.25) is 0 Å². The maximum atomic E-state index is 10.4. The summed E-state index contributed by atoms with van der Waals surface area (Å²) in [6.45, 7) is 2.75. The van der Waals surface area contributed by atoms with Gasteiger partial charge < -0.3 is 0 Å². The van der Waals surface area contributed by atoms with Crippen LogP contribution in [0.2, 0.25) is 0 Å². The van der Waals surface area contributed by atoms with Crippen LogP contribution in [0.5, 0.6) is 0 Å². The summed E-state index contributed by atoms with van der Waals surface area (Å²) in [5.74, 6) is 0. The zero-order valence-corrected chi connectivity index (χ0v) is 7.14. The van der Waals surface area contributed by atoms with Crippen molar-refractivity contribution in [3.63, 3.8) is 0 Å². The zero-order chi connectivity index (χ0) is 7.00. The molecule has 0 bridgehead atoms. The van der Waals surface area contributed by atoms with E-state index in [4.69, 9.17) is 9.79 Å². The van der Waals surface area contributed by atoms with Crippen LogP contribution in [0, 0.1) is 0 Å². The fraction of sp³-hybridized carbons (Fsp3) is 1.00. The fourth-order valence-corrected chi connectivity index (χ4v) is 0. The van der Waals surface area contributed by atoms with Crippen molar-refractivity contribution in [2.24, 2.45) is 0 Å². The first-order chi connectivity index (χ1) is 3.25. The fourth-order valence-electron chi connectivity index (χ4n) is 0. The van der Waals surface area contributed by atoms with Crippen molar-refractivity contribution in [3.8, 4) is 0 Å². The van der Waals surface area contributed by atoms with Crippen molar-refractivity contribution >= 4 is 14.2 Å². The molecular formula is C3H12O3P2. The Labute approximate surface area is 49.5 Å². The van der Waals surface area contributed by atoms with Gasteiger partial charge in [0.25, 0.3) is 0 Å². The molecular weight excluding hydrogens is 146 g/mol. The maximum absolute atomic E-state index is 10.4. The van der Waals surface area contributed by atoms with Crippen molar-refractivity contribution in [2.75, 3.05) is 20.0 Å². The second-order valence-electron chi connectivity index (χ2n) is 2.71. The Kier molecular flexibility index (Phi) is 2.22. The van der Waals surface area contributed by atoms with E-state index in [-0.39, 0.29) is 0 Å². The molecule has 0 aliphatic rings. The standard InChI is InChI=1S/C3H12O3P2/c1-7(2,3)8(4,5)6/h7H,1-3H3,(H2,4,5,6). The monoisotopic (exact) mass is 158 g/mol. The van der Waals surface area contributed by atoms with Gasteiger partial charge in [0.05, 0.1) is 0 Å². The van der Waals surface area contributed by atoms with E-state index < -0.39 is 14.2 Å². The van der Waals surface area contributed by atoms with Crippen molar-refractivity contribution in [1.82, 2.24) is 0 Å². The molecule has 0 aliphatic carbocycles. The first kappa shape index (κ1) is 8.58. The molecule has 2 N–H and O–H groups in total. The van der Waals surface area contributed by atoms with E-state index in [0.717, 1.165) is 0 Å². The molecule has 0 radical (unpaired) electrons. The zero-order valence-electron chi connectivity index (χ0n) is 5.25. The van der Waals surface area contributed by atoms with Gasteiger partial charge in [0.15, 0.2) is 0 Å². The average Bonchev–Trinajstić information content (AvgIpc) is 1.25. The Bertz CT molecular complexity index is 119. The summed E-state index contributed by atoms with van der Waals surface area (Å²) in [6, 6.07) is 0. The third-order valence-corrected chi connectivity index (χ3v) is 7.86. The first-order valence-electron chi connectivity index (χ1n) is 2.31. The van der Waals surface area contributed by atoms with E-state index in [1.165, 1.54) is 0 Å². The minimum absolute atomic E-state index is 1.65. The van der Waals surface area contributed by atoms with Crippen LogP contribution in [0.3, 0.4) is 0 Å². The van der Waals surface area contributed by atoms with Gasteiger partial charge >= 0.3 is 48.6 Å². The predicted molar refractivity (Wildman–Crippen MR) is 38.1 cm³/mol. The summed E-state index contributed by atoms with van der Waals surface area (Å²) in [5.41, 5.74) is 0. The van der Waals surface area contributed by atoms with Gasteiger partial charge in [0.1, 0.15) is 0 Å². The van der Waals surface area contributed by atoms with Gasteiger partial charge in [-0.15, -0.1) is 0 Å². The van der Waals surface area contributed by atoms with Crippen LogP contribution in [0.25, 0.3) is 0 Å². The van der Waals surface area contributed by atoms with Gasteiger partial charge in [-0.05, 0) is 0 Å². The molecule has 52 valence electrons. The van der Waals surface area contributed by atoms with Crippen LogP contribution in [0.4, 0.5) is 0 Å². The van der Waals surface area contributed by atoms with Gasteiger partial charge in [-0.1, -0.05) is 0 Å². The van der Waals surface area contributed by atoms with Gasteiger partial charge in [-0.25, -0.2) is 0 Å². The van der Waals surface area contributed by atoms with E-state index >= 15 is 0 Å². The van der Waals surface area contributed by atoms with E-state index in [1.54, 1.807) is 20.0 Å². The molecule has 0 heterocycles. The number of hydrogen-bond donors (Lipinski definition) is 2. The second-order valence-corrected chi connectivity index (χ2v) is 13.9. The van der Waals surface area contributed by atoms with Crippen LogP contribution >= 0.6 is 14.2 Å². The van der Waals surface area contributed by atoms with Crippen molar-refractivity contribution < 1.29 is 14.4 Å². The Balaban J connectivity index is 4.26. The van der Waals surface area contributed by atoms with E-state index in [9.17, 15) is 4.57 Å². The normalized spacial score (nSPS) is 16.1. The Morgan fingerprint density at radius 1 is 1.25 bits per heavy atom.